The molecule has 0 saturated carbocycles. The van der Waals surface area contributed by atoms with Crippen LogP contribution in [0, 0.1) is 10.1 Å². The summed E-state index contributed by atoms with van der Waals surface area (Å²) >= 11 is 0. The lowest BCUT2D eigenvalue weighted by Crippen LogP contribution is -2.24. The number of hydrazone groups is 1. The zero-order chi connectivity index (χ0) is 20.4. The summed E-state index contributed by atoms with van der Waals surface area (Å²) in [4.78, 5) is 21.1. The van der Waals surface area contributed by atoms with E-state index in [1.54, 1.807) is 6.08 Å². The van der Waals surface area contributed by atoms with Gasteiger partial charge in [-0.25, -0.2) is 10.2 Å². The van der Waals surface area contributed by atoms with Crippen LogP contribution in [0.3, 0.4) is 0 Å². The van der Waals surface area contributed by atoms with Gasteiger partial charge in [0.25, 0.3) is 5.69 Å². The molecule has 2 amide bonds. The number of ether oxygens (including phenoxy) is 2. The fourth-order valence-electron chi connectivity index (χ4n) is 2.32. The van der Waals surface area contributed by atoms with Gasteiger partial charge in [0.2, 0.25) is 0 Å². The van der Waals surface area contributed by atoms with Gasteiger partial charge >= 0.3 is 6.03 Å². The average Bonchev–Trinajstić information content (AvgIpc) is 2.67. The highest BCUT2D eigenvalue weighted by atomic mass is 16.6. The Bertz CT molecular complexity index is 882. The number of non-ortho nitro benzene ring substituents is 1. The van der Waals surface area contributed by atoms with Gasteiger partial charge in [-0.2, -0.15) is 5.10 Å². The molecule has 0 heterocycles. The van der Waals surface area contributed by atoms with E-state index in [1.807, 2.05) is 29.7 Å². The topological polar surface area (TPSA) is 129 Å². The number of nitro groups is 1. The second-order valence-electron chi connectivity index (χ2n) is 5.51. The van der Waals surface area contributed by atoms with Gasteiger partial charge in [0.05, 0.1) is 11.1 Å². The monoisotopic (exact) mass is 384 g/mol. The molecular formula is C19H20N4O5. The summed E-state index contributed by atoms with van der Waals surface area (Å²) in [5.74, 6) is 1.09. The van der Waals surface area contributed by atoms with Gasteiger partial charge in [0.15, 0.2) is 0 Å². The Morgan fingerprint density at radius 3 is 2.61 bits per heavy atom. The van der Waals surface area contributed by atoms with Crippen molar-refractivity contribution in [2.75, 3.05) is 13.2 Å². The average molecular weight is 384 g/mol. The van der Waals surface area contributed by atoms with E-state index in [1.165, 1.54) is 24.4 Å². The lowest BCUT2D eigenvalue weighted by Gasteiger charge is -2.12. The Morgan fingerprint density at radius 2 is 1.93 bits per heavy atom. The highest BCUT2D eigenvalue weighted by Gasteiger charge is 2.11. The van der Waals surface area contributed by atoms with Crippen LogP contribution in [0.15, 0.2) is 60.2 Å². The Morgan fingerprint density at radius 1 is 1.21 bits per heavy atom. The van der Waals surface area contributed by atoms with Gasteiger partial charge in [-0.1, -0.05) is 24.3 Å². The van der Waals surface area contributed by atoms with Crippen LogP contribution < -0.4 is 20.6 Å². The van der Waals surface area contributed by atoms with Crippen molar-refractivity contribution in [1.29, 1.82) is 0 Å². The lowest BCUT2D eigenvalue weighted by molar-refractivity contribution is -0.384. The van der Waals surface area contributed by atoms with E-state index in [2.05, 4.69) is 11.7 Å². The number of hydrogen-bond acceptors (Lipinski definition) is 6. The van der Waals surface area contributed by atoms with Crippen LogP contribution >= 0.6 is 0 Å². The second-order valence-corrected chi connectivity index (χ2v) is 5.51. The first-order chi connectivity index (χ1) is 13.5. The number of allylic oxidation sites excluding steroid dienone is 1. The third kappa shape index (κ3) is 6.13. The highest BCUT2D eigenvalue weighted by molar-refractivity contribution is 5.85. The molecule has 0 unspecified atom stereocenters. The Balaban J connectivity index is 2.02. The van der Waals surface area contributed by atoms with Gasteiger partial charge in [-0.15, -0.1) is 6.58 Å². The van der Waals surface area contributed by atoms with E-state index < -0.39 is 11.0 Å². The number of nitrogens with one attached hydrogen (secondary N) is 1. The van der Waals surface area contributed by atoms with E-state index in [0.29, 0.717) is 17.7 Å². The minimum atomic E-state index is -0.851. The van der Waals surface area contributed by atoms with Crippen LogP contribution in [-0.2, 0) is 6.42 Å². The molecule has 0 saturated heterocycles. The predicted octanol–water partition coefficient (Wildman–Crippen LogP) is 2.78. The molecule has 0 atom stereocenters. The largest absolute Gasteiger partial charge is 0.490 e. The minimum Gasteiger partial charge on any atom is -0.490 e. The minimum absolute atomic E-state index is 0.137. The maximum absolute atomic E-state index is 11.0. The standard InChI is InChI=1S/C19H20N4O5/c1-2-5-14-6-3-4-7-17(14)27-10-11-28-18-9-8-16(23(25)26)12-15(18)13-21-22-19(20)24/h2-4,6-9,12-13H,1,5,10-11H2,(H3,20,22,24). The summed E-state index contributed by atoms with van der Waals surface area (Å²) in [7, 11) is 0. The molecule has 0 bridgehead atoms. The fourth-order valence-corrected chi connectivity index (χ4v) is 2.32. The molecule has 3 N–H and O–H groups in total. The zero-order valence-electron chi connectivity index (χ0n) is 15.0. The molecule has 9 heteroatoms. The molecular weight excluding hydrogens is 364 g/mol. The molecule has 0 radical (unpaired) electrons. The number of carbonyl (C=O) groups is 1. The number of nitrogens with two attached hydrogens (primary N) is 1. The summed E-state index contributed by atoms with van der Waals surface area (Å²) in [6, 6.07) is 10.8. The summed E-state index contributed by atoms with van der Waals surface area (Å²) in [6.07, 6.45) is 3.70. The molecule has 2 rings (SSSR count). The van der Waals surface area contributed by atoms with Gasteiger partial charge in [0.1, 0.15) is 24.7 Å². The van der Waals surface area contributed by atoms with Crippen LogP contribution in [0.2, 0.25) is 0 Å². The van der Waals surface area contributed by atoms with Gasteiger partial charge in [0, 0.05) is 17.7 Å². The van der Waals surface area contributed by atoms with Gasteiger partial charge in [-0.3, -0.25) is 10.1 Å². The maximum atomic E-state index is 11.0. The van der Waals surface area contributed by atoms with Gasteiger partial charge < -0.3 is 15.2 Å². The van der Waals surface area contributed by atoms with Crippen molar-refractivity contribution < 1.29 is 19.2 Å². The number of para-hydroxylation sites is 1. The Labute approximate surface area is 161 Å². The van der Waals surface area contributed by atoms with Crippen LogP contribution in [0.1, 0.15) is 11.1 Å². The number of amides is 2. The second kappa shape index (κ2) is 10.3. The van der Waals surface area contributed by atoms with Crippen LogP contribution in [-0.4, -0.2) is 30.4 Å². The highest BCUT2D eigenvalue weighted by Crippen LogP contribution is 2.23. The van der Waals surface area contributed by atoms with Crippen molar-refractivity contribution in [3.63, 3.8) is 0 Å². The van der Waals surface area contributed by atoms with Crippen molar-refractivity contribution in [2.24, 2.45) is 10.8 Å². The number of hydrogen-bond donors (Lipinski definition) is 2. The number of benzene rings is 2. The Kier molecular flexibility index (Phi) is 7.53. The third-order valence-electron chi connectivity index (χ3n) is 3.52. The summed E-state index contributed by atoms with van der Waals surface area (Å²) in [5, 5.41) is 14.6. The third-order valence-corrected chi connectivity index (χ3v) is 3.52. The van der Waals surface area contributed by atoms with Gasteiger partial charge in [-0.05, 0) is 24.1 Å². The molecule has 2 aromatic carbocycles. The molecule has 28 heavy (non-hydrogen) atoms. The smallest absolute Gasteiger partial charge is 0.332 e. The summed E-state index contributed by atoms with van der Waals surface area (Å²) in [6.45, 7) is 4.19. The van der Waals surface area contributed by atoms with Crippen LogP contribution in [0.5, 0.6) is 11.5 Å². The molecule has 0 aliphatic rings. The predicted molar refractivity (Wildman–Crippen MR) is 105 cm³/mol. The lowest BCUT2D eigenvalue weighted by atomic mass is 10.1. The van der Waals surface area contributed by atoms with Crippen LogP contribution in [0.4, 0.5) is 10.5 Å². The van der Waals surface area contributed by atoms with E-state index in [4.69, 9.17) is 15.2 Å². The summed E-state index contributed by atoms with van der Waals surface area (Å²) < 4.78 is 11.4. The normalized spacial score (nSPS) is 10.4. The number of carbonyl (C=O) groups excluding carboxylic acids is 1. The molecule has 0 spiro atoms. The number of urea groups is 1. The van der Waals surface area contributed by atoms with Crippen molar-refractivity contribution in [3.05, 3.63) is 76.4 Å². The molecule has 0 aliphatic heterocycles. The molecule has 0 aliphatic carbocycles. The van der Waals surface area contributed by atoms with Crippen molar-refractivity contribution >= 4 is 17.9 Å². The SMILES string of the molecule is C=CCc1ccccc1OCCOc1ccc([N+](=O)[O-])cc1C=NNC(N)=O. The molecule has 0 fully saturated rings. The quantitative estimate of drug-likeness (QED) is 0.214. The summed E-state index contributed by atoms with van der Waals surface area (Å²) in [5.41, 5.74) is 8.15. The molecule has 9 nitrogen and oxygen atoms in total. The first kappa shape index (κ1) is 20.4. The van der Waals surface area contributed by atoms with Crippen molar-refractivity contribution in [1.82, 2.24) is 5.43 Å². The number of nitro benzene ring substituents is 1. The molecule has 146 valence electrons. The van der Waals surface area contributed by atoms with E-state index in [0.717, 1.165) is 11.3 Å². The first-order valence-electron chi connectivity index (χ1n) is 8.32. The number of nitrogens with zero attached hydrogens (tertiary/aromatic N) is 2. The van der Waals surface area contributed by atoms with E-state index in [-0.39, 0.29) is 18.9 Å². The maximum Gasteiger partial charge on any atom is 0.332 e. The Hall–Kier alpha value is -3.88. The molecule has 0 aromatic heterocycles. The first-order valence-corrected chi connectivity index (χ1v) is 8.32. The fraction of sp³-hybridized carbons (Fsp3) is 0.158. The van der Waals surface area contributed by atoms with Crippen LogP contribution in [0.25, 0.3) is 0 Å². The van der Waals surface area contributed by atoms with E-state index in [9.17, 15) is 14.9 Å². The van der Waals surface area contributed by atoms with Crippen molar-refractivity contribution in [2.45, 2.75) is 6.42 Å². The zero-order valence-corrected chi connectivity index (χ0v) is 15.0. The number of primary amides is 1. The van der Waals surface area contributed by atoms with Crippen molar-refractivity contribution in [3.8, 4) is 11.5 Å². The molecule has 2 aromatic rings. The number of rotatable bonds is 10. The van der Waals surface area contributed by atoms with E-state index >= 15 is 0 Å².